The Morgan fingerprint density at radius 2 is 2.14 bits per heavy atom. The Morgan fingerprint density at radius 1 is 1.38 bits per heavy atom. The third kappa shape index (κ3) is 2.82. The van der Waals surface area contributed by atoms with Crippen LogP contribution in [0.5, 0.6) is 0 Å². The summed E-state index contributed by atoms with van der Waals surface area (Å²) in [6.07, 6.45) is 0. The van der Waals surface area contributed by atoms with Gasteiger partial charge in [-0.3, -0.25) is 19.9 Å². The Balaban J connectivity index is 1.66. The second kappa shape index (κ2) is 5.68. The number of nitrogens with one attached hydrogen (secondary N) is 1. The van der Waals surface area contributed by atoms with E-state index in [1.165, 1.54) is 6.07 Å². The van der Waals surface area contributed by atoms with Crippen LogP contribution in [0.15, 0.2) is 18.2 Å². The van der Waals surface area contributed by atoms with Gasteiger partial charge in [-0.1, -0.05) is 0 Å². The first kappa shape index (κ1) is 13.8. The summed E-state index contributed by atoms with van der Waals surface area (Å²) < 4.78 is 0. The molecule has 1 aromatic carbocycles. The molecular formula is C14H17N5O2. The van der Waals surface area contributed by atoms with E-state index in [4.69, 9.17) is 5.26 Å². The van der Waals surface area contributed by atoms with Gasteiger partial charge in [-0.15, -0.1) is 0 Å². The Hall–Kier alpha value is -2.17. The lowest BCUT2D eigenvalue weighted by atomic mass is 10.1. The van der Waals surface area contributed by atoms with E-state index in [9.17, 15) is 10.1 Å². The molecule has 0 unspecified atom stereocenters. The number of hydrogen-bond donors (Lipinski definition) is 1. The van der Waals surface area contributed by atoms with Gasteiger partial charge < -0.3 is 5.32 Å². The van der Waals surface area contributed by atoms with Gasteiger partial charge in [0.25, 0.3) is 5.69 Å². The number of benzene rings is 1. The van der Waals surface area contributed by atoms with Crippen molar-refractivity contribution in [1.82, 2.24) is 9.80 Å². The number of rotatable bonds is 4. The van der Waals surface area contributed by atoms with Crippen molar-refractivity contribution in [2.45, 2.75) is 6.04 Å². The van der Waals surface area contributed by atoms with Crippen molar-refractivity contribution in [2.24, 2.45) is 0 Å². The molecule has 3 fully saturated rings. The molecule has 2 bridgehead atoms. The number of fused-ring (bicyclic) bond motifs is 3. The highest BCUT2D eigenvalue weighted by atomic mass is 16.6. The molecule has 7 heteroatoms. The molecule has 0 aliphatic carbocycles. The van der Waals surface area contributed by atoms with Gasteiger partial charge in [-0.25, -0.2) is 0 Å². The normalized spacial score (nSPS) is 27.1. The van der Waals surface area contributed by atoms with Crippen molar-refractivity contribution in [3.8, 4) is 6.07 Å². The Morgan fingerprint density at radius 3 is 2.71 bits per heavy atom. The van der Waals surface area contributed by atoms with Gasteiger partial charge in [0.2, 0.25) is 0 Å². The Kier molecular flexibility index (Phi) is 3.73. The summed E-state index contributed by atoms with van der Waals surface area (Å²) in [7, 11) is 0. The zero-order valence-electron chi connectivity index (χ0n) is 11.7. The maximum atomic E-state index is 10.8. The van der Waals surface area contributed by atoms with Crippen LogP contribution >= 0.6 is 0 Å². The van der Waals surface area contributed by atoms with Gasteiger partial charge in [-0.2, -0.15) is 5.26 Å². The standard InChI is InChI=1S/C14H17N5O2/c15-8-11-7-12(1-2-14(11)19(20)21)16-9-13-10-17-3-5-18(13)6-4-17/h1-2,7,13,16H,3-6,9-10H2/t13-/m0/s1. The minimum absolute atomic E-state index is 0.0965. The largest absolute Gasteiger partial charge is 0.383 e. The molecular weight excluding hydrogens is 270 g/mol. The van der Waals surface area contributed by atoms with E-state index in [1.807, 2.05) is 6.07 Å². The third-order valence-electron chi connectivity index (χ3n) is 4.25. The number of nitro benzene ring substituents is 1. The van der Waals surface area contributed by atoms with Crippen LogP contribution < -0.4 is 5.32 Å². The van der Waals surface area contributed by atoms with Crippen LogP contribution in [-0.2, 0) is 0 Å². The highest BCUT2D eigenvalue weighted by Gasteiger charge is 2.31. The molecule has 1 N–H and O–H groups in total. The lowest BCUT2D eigenvalue weighted by Gasteiger charge is -2.47. The fourth-order valence-corrected chi connectivity index (χ4v) is 3.05. The zero-order chi connectivity index (χ0) is 14.8. The summed E-state index contributed by atoms with van der Waals surface area (Å²) in [5.74, 6) is 0. The molecule has 3 aliphatic heterocycles. The van der Waals surface area contributed by atoms with Crippen LogP contribution in [0.1, 0.15) is 5.56 Å². The van der Waals surface area contributed by atoms with Crippen LogP contribution in [0.4, 0.5) is 11.4 Å². The Bertz CT molecular complexity index is 590. The average molecular weight is 287 g/mol. The molecule has 0 spiro atoms. The van der Waals surface area contributed by atoms with Crippen LogP contribution in [0.3, 0.4) is 0 Å². The fourth-order valence-electron chi connectivity index (χ4n) is 3.05. The van der Waals surface area contributed by atoms with Crippen LogP contribution in [-0.4, -0.2) is 60.0 Å². The predicted molar refractivity (Wildman–Crippen MR) is 78.1 cm³/mol. The summed E-state index contributed by atoms with van der Waals surface area (Å²) in [6, 6.07) is 6.95. The summed E-state index contributed by atoms with van der Waals surface area (Å²) >= 11 is 0. The summed E-state index contributed by atoms with van der Waals surface area (Å²) in [6.45, 7) is 6.36. The van der Waals surface area contributed by atoms with Gasteiger partial charge in [0.1, 0.15) is 11.6 Å². The number of hydrogen-bond acceptors (Lipinski definition) is 6. The fraction of sp³-hybridized carbons (Fsp3) is 0.500. The van der Waals surface area contributed by atoms with Crippen molar-refractivity contribution in [3.63, 3.8) is 0 Å². The predicted octanol–water partition coefficient (Wildman–Crippen LogP) is 0.878. The molecule has 0 saturated carbocycles. The second-order valence-electron chi connectivity index (χ2n) is 5.47. The molecule has 4 rings (SSSR count). The topological polar surface area (TPSA) is 85.4 Å². The summed E-state index contributed by atoms with van der Waals surface area (Å²) in [5.41, 5.74) is 0.712. The number of nitrogens with zero attached hydrogens (tertiary/aromatic N) is 4. The number of nitro groups is 1. The van der Waals surface area contributed by atoms with Crippen molar-refractivity contribution in [3.05, 3.63) is 33.9 Å². The molecule has 0 radical (unpaired) electrons. The highest BCUT2D eigenvalue weighted by Crippen LogP contribution is 2.22. The van der Waals surface area contributed by atoms with E-state index in [0.29, 0.717) is 6.04 Å². The van der Waals surface area contributed by atoms with Gasteiger partial charge in [0, 0.05) is 57.1 Å². The lowest BCUT2D eigenvalue weighted by molar-refractivity contribution is -0.385. The smallest absolute Gasteiger partial charge is 0.287 e. The number of anilines is 1. The maximum absolute atomic E-state index is 10.8. The number of nitriles is 1. The first-order valence-electron chi connectivity index (χ1n) is 7.06. The molecule has 21 heavy (non-hydrogen) atoms. The lowest BCUT2D eigenvalue weighted by Crippen LogP contribution is -2.62. The van der Waals surface area contributed by atoms with E-state index in [2.05, 4.69) is 15.1 Å². The van der Waals surface area contributed by atoms with Crippen molar-refractivity contribution < 1.29 is 4.92 Å². The third-order valence-corrected chi connectivity index (χ3v) is 4.25. The van der Waals surface area contributed by atoms with Gasteiger partial charge in [0.05, 0.1) is 4.92 Å². The average Bonchev–Trinajstić information content (AvgIpc) is 2.53. The van der Waals surface area contributed by atoms with E-state index in [-0.39, 0.29) is 11.3 Å². The van der Waals surface area contributed by atoms with E-state index < -0.39 is 4.92 Å². The van der Waals surface area contributed by atoms with E-state index in [0.717, 1.165) is 45.0 Å². The minimum atomic E-state index is -0.526. The van der Waals surface area contributed by atoms with Crippen LogP contribution in [0, 0.1) is 21.4 Å². The SMILES string of the molecule is N#Cc1cc(NC[C@H]2CN3CCN2CC3)ccc1[N+](=O)[O-]. The summed E-state index contributed by atoms with van der Waals surface area (Å²) in [4.78, 5) is 15.2. The quantitative estimate of drug-likeness (QED) is 0.653. The number of piperazine rings is 3. The van der Waals surface area contributed by atoms with Crippen molar-refractivity contribution >= 4 is 11.4 Å². The molecule has 0 aromatic heterocycles. The molecule has 0 amide bonds. The monoisotopic (exact) mass is 287 g/mol. The molecule has 3 heterocycles. The minimum Gasteiger partial charge on any atom is -0.383 e. The Labute approximate surface area is 122 Å². The van der Waals surface area contributed by atoms with Gasteiger partial charge in [0.15, 0.2) is 0 Å². The van der Waals surface area contributed by atoms with E-state index >= 15 is 0 Å². The van der Waals surface area contributed by atoms with Gasteiger partial charge in [-0.05, 0) is 12.1 Å². The second-order valence-corrected chi connectivity index (χ2v) is 5.47. The molecule has 110 valence electrons. The highest BCUT2D eigenvalue weighted by molar-refractivity contribution is 5.58. The summed E-state index contributed by atoms with van der Waals surface area (Å²) in [5, 5.41) is 23.1. The van der Waals surface area contributed by atoms with E-state index in [1.54, 1.807) is 12.1 Å². The van der Waals surface area contributed by atoms with Gasteiger partial charge >= 0.3 is 0 Å². The molecule has 7 nitrogen and oxygen atoms in total. The van der Waals surface area contributed by atoms with Crippen molar-refractivity contribution in [1.29, 1.82) is 5.26 Å². The zero-order valence-corrected chi connectivity index (χ0v) is 11.7. The first-order valence-corrected chi connectivity index (χ1v) is 7.06. The maximum Gasteiger partial charge on any atom is 0.287 e. The molecule has 1 atom stereocenters. The molecule has 1 aromatic rings. The first-order chi connectivity index (χ1) is 10.2. The van der Waals surface area contributed by atoms with Crippen LogP contribution in [0.25, 0.3) is 0 Å². The molecule has 3 aliphatic rings. The molecule has 3 saturated heterocycles. The van der Waals surface area contributed by atoms with Crippen LogP contribution in [0.2, 0.25) is 0 Å². The van der Waals surface area contributed by atoms with Crippen molar-refractivity contribution in [2.75, 3.05) is 44.6 Å².